The lowest BCUT2D eigenvalue weighted by atomic mass is 10.0. The molecule has 1 heterocycles. The van der Waals surface area contributed by atoms with Crippen molar-refractivity contribution in [1.29, 1.82) is 0 Å². The number of ether oxygens (including phenoxy) is 4. The number of hydrogen-bond donors (Lipinski definition) is 6. The molecule has 6 amide bonds. The number of ketones is 3. The Morgan fingerprint density at radius 3 is 1.19 bits per heavy atom. The van der Waals surface area contributed by atoms with Crippen LogP contribution in [0.15, 0.2) is 160 Å². The first-order valence-electron chi connectivity index (χ1n) is 34.4. The molecular weight excluding hydrogens is 1580 g/mol. The number of sulfone groups is 3. The summed E-state index contributed by atoms with van der Waals surface area (Å²) in [6.07, 6.45) is 8.71. The highest BCUT2D eigenvalue weighted by atomic mass is 32.2. The Hall–Kier alpha value is -10.6. The van der Waals surface area contributed by atoms with Crippen LogP contribution in [0.25, 0.3) is 0 Å². The fraction of sp³-hybridized carbons (Fsp3) is 0.342. The minimum absolute atomic E-state index is 0.0265. The SMILES string of the molecule is C#CCOCCOCCNC(=O)C(CCNC(=O)c1cccc(C(=O)CCS(=O)(=O)c2ccc(C)cc2)c1)S(=O)(=O)O.C#CCOCCOCCNC(=O)[C@H](CS(=O)(=O)O)NC(=O)c1cccc(C(=O)CCS(=O)(=O)c2ccc(C)cc2)c1.Cc1ccc(S(=O)(=O)CCC(=O)c2cccc(C(=O)ON3C(=O)CCC3=O)c2)cc1. The number of imide groups is 1. The number of aryl methyl sites for hydroxylation is 3. The molecule has 0 radical (unpaired) electrons. The third-order valence-electron chi connectivity index (χ3n) is 16.0. The van der Waals surface area contributed by atoms with E-state index in [2.05, 4.69) is 33.1 Å². The van der Waals surface area contributed by atoms with Gasteiger partial charge >= 0.3 is 5.97 Å². The van der Waals surface area contributed by atoms with Crippen molar-refractivity contribution in [3.05, 3.63) is 196 Å². The third-order valence-corrected chi connectivity index (χ3v) is 23.1. The summed E-state index contributed by atoms with van der Waals surface area (Å²) in [4.78, 5) is 129. The van der Waals surface area contributed by atoms with E-state index in [0.717, 1.165) is 16.7 Å². The number of carbonyl (C=O) groups is 10. The van der Waals surface area contributed by atoms with E-state index in [4.69, 9.17) is 36.6 Å². The van der Waals surface area contributed by atoms with Crippen LogP contribution in [0, 0.1) is 45.5 Å². The van der Waals surface area contributed by atoms with Crippen molar-refractivity contribution in [2.24, 2.45) is 0 Å². The lowest BCUT2D eigenvalue weighted by Gasteiger charge is -2.17. The molecule has 0 aromatic heterocycles. The molecule has 32 nitrogen and oxygen atoms in total. The van der Waals surface area contributed by atoms with Gasteiger partial charge in [-0.1, -0.05) is 101 Å². The van der Waals surface area contributed by atoms with Crippen LogP contribution < -0.4 is 21.3 Å². The van der Waals surface area contributed by atoms with E-state index in [9.17, 15) is 99.1 Å². The van der Waals surface area contributed by atoms with Gasteiger partial charge in [-0.3, -0.25) is 52.3 Å². The van der Waals surface area contributed by atoms with Gasteiger partial charge in [-0.15, -0.1) is 17.9 Å². The predicted molar refractivity (Wildman–Crippen MR) is 409 cm³/mol. The summed E-state index contributed by atoms with van der Waals surface area (Å²) in [7, 11) is -20.5. The Kier molecular flexibility index (Phi) is 37.2. The van der Waals surface area contributed by atoms with Crippen LogP contribution in [0.5, 0.6) is 0 Å². The van der Waals surface area contributed by atoms with Gasteiger partial charge in [-0.25, -0.2) is 30.0 Å². The molecule has 1 saturated heterocycles. The summed E-state index contributed by atoms with van der Waals surface area (Å²) < 4.78 is 161. The molecule has 1 unspecified atom stereocenters. The number of Topliss-reactive ketones (excluding diaryl/α,β-unsaturated/α-hetero) is 3. The van der Waals surface area contributed by atoms with Crippen LogP contribution in [0.4, 0.5) is 0 Å². The molecule has 113 heavy (non-hydrogen) atoms. The van der Waals surface area contributed by atoms with Gasteiger partial charge in [0.1, 0.15) is 25.0 Å². The summed E-state index contributed by atoms with van der Waals surface area (Å²) in [5, 5.41) is 8.03. The second-order valence-electron chi connectivity index (χ2n) is 24.8. The molecule has 606 valence electrons. The molecule has 7 rings (SSSR count). The van der Waals surface area contributed by atoms with E-state index in [0.29, 0.717) is 5.06 Å². The van der Waals surface area contributed by atoms with Gasteiger partial charge in [0.2, 0.25) is 11.8 Å². The number of benzene rings is 6. The van der Waals surface area contributed by atoms with E-state index in [1.807, 2.05) is 20.8 Å². The molecular formula is C76H85N5O27S5. The van der Waals surface area contributed by atoms with Gasteiger partial charge in [0, 0.05) is 79.6 Å². The largest absolute Gasteiger partial charge is 0.377 e. The third kappa shape index (κ3) is 32.6. The molecule has 6 aromatic carbocycles. The maximum Gasteiger partial charge on any atom is 0.363 e. The van der Waals surface area contributed by atoms with Crippen LogP contribution >= 0.6 is 0 Å². The molecule has 0 saturated carbocycles. The fourth-order valence-electron chi connectivity index (χ4n) is 9.89. The Morgan fingerprint density at radius 1 is 0.451 bits per heavy atom. The number of nitrogens with one attached hydrogen (secondary N) is 4. The number of hydrogen-bond acceptors (Lipinski definition) is 25. The normalized spacial score (nSPS) is 12.7. The number of rotatable bonds is 42. The lowest BCUT2D eigenvalue weighted by Crippen LogP contribution is -2.50. The van der Waals surface area contributed by atoms with Crippen molar-refractivity contribution in [2.45, 2.75) is 85.3 Å². The number of nitrogens with zero attached hydrogens (tertiary/aromatic N) is 1. The van der Waals surface area contributed by atoms with Crippen LogP contribution in [0.3, 0.4) is 0 Å². The second kappa shape index (κ2) is 45.2. The highest BCUT2D eigenvalue weighted by Crippen LogP contribution is 2.21. The molecule has 1 aliphatic heterocycles. The molecule has 6 N–H and O–H groups in total. The lowest BCUT2D eigenvalue weighted by molar-refractivity contribution is -0.172. The first-order chi connectivity index (χ1) is 53.3. The number of amides is 6. The molecule has 0 spiro atoms. The maximum absolute atomic E-state index is 12.8. The topological polar surface area (TPSA) is 479 Å². The summed E-state index contributed by atoms with van der Waals surface area (Å²) >= 11 is 0. The van der Waals surface area contributed by atoms with E-state index in [-0.39, 0.29) is 158 Å². The highest BCUT2D eigenvalue weighted by Gasteiger charge is 2.35. The van der Waals surface area contributed by atoms with Gasteiger partial charge < -0.3 is 45.1 Å². The second-order valence-corrected chi connectivity index (χ2v) is 34.2. The van der Waals surface area contributed by atoms with E-state index in [1.54, 1.807) is 36.4 Å². The quantitative estimate of drug-likeness (QED) is 0.0102. The average Bonchev–Trinajstić information content (AvgIpc) is 1.82. The van der Waals surface area contributed by atoms with E-state index < -0.39 is 143 Å². The van der Waals surface area contributed by atoms with Gasteiger partial charge in [0.15, 0.2) is 52.1 Å². The first kappa shape index (κ1) is 93.1. The maximum atomic E-state index is 12.8. The predicted octanol–water partition coefficient (Wildman–Crippen LogP) is 4.27. The monoisotopic (exact) mass is 1660 g/mol. The standard InChI is InChI=1S/C28H34N2O10S2.C27H32N2O10S2.C21H19NO7S/c1-3-15-39-17-18-40-16-14-30-28(33)26(42(36,37)38)11-13-29-27(32)23-6-4-5-22(20-23)25(31)12-19-41(34,35)24-9-7-21(2)8-10-24;1-3-13-38-15-16-39-14-12-28-27(32)24(19-41(35,36)37)29-26(31)22-6-4-5-21(18-22)25(30)11-17-40(33,34)23-9-7-20(2)8-10-23;1-14-5-7-17(8-6-14)30(27,28)12-11-18(23)15-3-2-4-16(13-15)21(26)29-22-19(24)9-10-20(22)25/h1,4-10,20,26H,11-19H2,2H3,(H,29,32)(H,30,33)(H,36,37,38);1,4-10,18,24H,11-17,19H2,2H3,(H,28,32)(H,29,31)(H,35,36,37);2-8,13H,9-12H2,1H3/t;24-;/m.0./s1. The van der Waals surface area contributed by atoms with Crippen molar-refractivity contribution in [1.82, 2.24) is 26.3 Å². The van der Waals surface area contributed by atoms with E-state index >= 15 is 0 Å². The van der Waals surface area contributed by atoms with Gasteiger partial charge in [0.25, 0.3) is 43.9 Å². The van der Waals surface area contributed by atoms with Gasteiger partial charge in [-0.2, -0.15) is 16.8 Å². The average molecular weight is 1660 g/mol. The van der Waals surface area contributed by atoms with Crippen molar-refractivity contribution >= 4 is 109 Å². The molecule has 37 heteroatoms. The minimum Gasteiger partial charge on any atom is -0.377 e. The molecule has 2 atom stereocenters. The fourth-order valence-corrected chi connectivity index (χ4v) is 15.0. The van der Waals surface area contributed by atoms with Crippen LogP contribution in [0.2, 0.25) is 0 Å². The number of hydroxylamine groups is 2. The minimum atomic E-state index is -4.78. The first-order valence-corrected chi connectivity index (χ1v) is 42.5. The Labute approximate surface area is 655 Å². The summed E-state index contributed by atoms with van der Waals surface area (Å²) in [5.41, 5.74) is 2.97. The summed E-state index contributed by atoms with van der Waals surface area (Å²) in [6, 6.07) is 33.6. The van der Waals surface area contributed by atoms with E-state index in [1.165, 1.54) is 109 Å². The smallest absolute Gasteiger partial charge is 0.363 e. The summed E-state index contributed by atoms with van der Waals surface area (Å²) in [5.74, 6) is -4.80. The van der Waals surface area contributed by atoms with Crippen molar-refractivity contribution in [3.8, 4) is 24.7 Å². The van der Waals surface area contributed by atoms with Crippen molar-refractivity contribution < 1.29 is 123 Å². The van der Waals surface area contributed by atoms with Crippen molar-refractivity contribution in [2.75, 3.05) is 95.5 Å². The Balaban J connectivity index is 0.000000307. The zero-order chi connectivity index (χ0) is 83.5. The Bertz CT molecular complexity index is 5050. The van der Waals surface area contributed by atoms with Crippen LogP contribution in [-0.2, 0) is 92.7 Å². The number of terminal acetylenes is 2. The van der Waals surface area contributed by atoms with Crippen LogP contribution in [0.1, 0.15) is 117 Å². The van der Waals surface area contributed by atoms with Crippen molar-refractivity contribution in [3.63, 3.8) is 0 Å². The summed E-state index contributed by atoms with van der Waals surface area (Å²) in [6.45, 7) is 6.44. The van der Waals surface area contributed by atoms with Gasteiger partial charge in [-0.05, 0) is 100.0 Å². The zero-order valence-electron chi connectivity index (χ0n) is 61.6. The van der Waals surface area contributed by atoms with Gasteiger partial charge in [0.05, 0.1) is 77.1 Å². The molecule has 1 fully saturated rings. The Morgan fingerprint density at radius 2 is 0.805 bits per heavy atom. The molecule has 0 bridgehead atoms. The highest BCUT2D eigenvalue weighted by molar-refractivity contribution is 7.92. The zero-order valence-corrected chi connectivity index (χ0v) is 65.7. The molecule has 6 aromatic rings. The molecule has 0 aliphatic carbocycles. The number of carbonyl (C=O) groups excluding carboxylic acids is 10. The molecule has 1 aliphatic rings. The van der Waals surface area contributed by atoms with Crippen LogP contribution in [-0.4, -0.2) is 222 Å².